The summed E-state index contributed by atoms with van der Waals surface area (Å²) in [6.07, 6.45) is 0.775. The van der Waals surface area contributed by atoms with E-state index < -0.39 is 10.0 Å². The highest BCUT2D eigenvalue weighted by atomic mass is 32.2. The van der Waals surface area contributed by atoms with Crippen molar-refractivity contribution in [3.8, 4) is 5.75 Å². The maximum atomic E-state index is 12.8. The molecular formula is C23H24N2O4S. The van der Waals surface area contributed by atoms with Crippen molar-refractivity contribution >= 4 is 27.3 Å². The number of aryl methyl sites for hydroxylation is 2. The number of sulfonamides is 1. The Labute approximate surface area is 177 Å². The van der Waals surface area contributed by atoms with E-state index in [1.807, 2.05) is 32.0 Å². The highest BCUT2D eigenvalue weighted by Crippen LogP contribution is 2.23. The summed E-state index contributed by atoms with van der Waals surface area (Å²) in [6, 6.07) is 18.3. The molecule has 0 aromatic heterocycles. The van der Waals surface area contributed by atoms with Crippen LogP contribution >= 0.6 is 0 Å². The zero-order valence-electron chi connectivity index (χ0n) is 17.1. The molecule has 2 N–H and O–H groups in total. The zero-order valence-corrected chi connectivity index (χ0v) is 17.9. The van der Waals surface area contributed by atoms with Crippen molar-refractivity contribution < 1.29 is 17.9 Å². The van der Waals surface area contributed by atoms with E-state index in [4.69, 9.17) is 4.74 Å². The molecule has 0 radical (unpaired) electrons. The second-order valence-electron chi connectivity index (χ2n) is 6.78. The molecule has 0 saturated carbocycles. The summed E-state index contributed by atoms with van der Waals surface area (Å²) >= 11 is 0. The van der Waals surface area contributed by atoms with Gasteiger partial charge in [-0.25, -0.2) is 8.42 Å². The SMILES string of the molecule is CCc1cccc(C)c1NC(=O)c1cccc(S(=O)(=O)Nc2ccc(OC)cc2)c1. The first-order valence-corrected chi connectivity index (χ1v) is 11.0. The first-order chi connectivity index (χ1) is 14.3. The van der Waals surface area contributed by atoms with E-state index in [2.05, 4.69) is 10.0 Å². The van der Waals surface area contributed by atoms with Gasteiger partial charge in [-0.2, -0.15) is 0 Å². The Morgan fingerprint density at radius 2 is 1.70 bits per heavy atom. The van der Waals surface area contributed by atoms with E-state index in [9.17, 15) is 13.2 Å². The number of rotatable bonds is 7. The highest BCUT2D eigenvalue weighted by molar-refractivity contribution is 7.92. The Morgan fingerprint density at radius 1 is 1.00 bits per heavy atom. The number of methoxy groups -OCH3 is 1. The van der Waals surface area contributed by atoms with Crippen LogP contribution in [0, 0.1) is 6.92 Å². The monoisotopic (exact) mass is 424 g/mol. The molecule has 0 saturated heterocycles. The van der Waals surface area contributed by atoms with Crippen molar-refractivity contribution in [1.29, 1.82) is 0 Å². The molecule has 0 spiro atoms. The van der Waals surface area contributed by atoms with E-state index in [-0.39, 0.29) is 16.4 Å². The van der Waals surface area contributed by atoms with Gasteiger partial charge in [0.25, 0.3) is 15.9 Å². The van der Waals surface area contributed by atoms with Crippen LogP contribution in [0.4, 0.5) is 11.4 Å². The molecule has 3 aromatic carbocycles. The molecule has 0 aliphatic heterocycles. The molecule has 3 aromatic rings. The summed E-state index contributed by atoms with van der Waals surface area (Å²) in [6.45, 7) is 3.94. The number of para-hydroxylation sites is 1. The summed E-state index contributed by atoms with van der Waals surface area (Å²) < 4.78 is 33.1. The van der Waals surface area contributed by atoms with Gasteiger partial charge in [-0.05, 0) is 66.9 Å². The highest BCUT2D eigenvalue weighted by Gasteiger charge is 2.17. The summed E-state index contributed by atoms with van der Waals surface area (Å²) in [5, 5.41) is 2.92. The van der Waals surface area contributed by atoms with Crippen molar-refractivity contribution in [3.05, 3.63) is 83.4 Å². The number of anilines is 2. The third-order valence-corrected chi connectivity index (χ3v) is 6.11. The predicted octanol–water partition coefficient (Wildman–Crippen LogP) is 4.62. The van der Waals surface area contributed by atoms with Crippen molar-refractivity contribution in [1.82, 2.24) is 0 Å². The Morgan fingerprint density at radius 3 is 2.37 bits per heavy atom. The van der Waals surface area contributed by atoms with E-state index in [1.54, 1.807) is 36.4 Å². The number of carbonyl (C=O) groups excluding carboxylic acids is 1. The zero-order chi connectivity index (χ0) is 21.7. The fourth-order valence-corrected chi connectivity index (χ4v) is 4.17. The molecule has 0 aliphatic rings. The largest absolute Gasteiger partial charge is 0.497 e. The van der Waals surface area contributed by atoms with Crippen molar-refractivity contribution in [2.75, 3.05) is 17.1 Å². The normalized spacial score (nSPS) is 11.0. The van der Waals surface area contributed by atoms with Crippen LogP contribution in [0.15, 0.2) is 71.6 Å². The lowest BCUT2D eigenvalue weighted by atomic mass is 10.1. The van der Waals surface area contributed by atoms with Gasteiger partial charge in [0.15, 0.2) is 0 Å². The van der Waals surface area contributed by atoms with Crippen LogP contribution in [-0.4, -0.2) is 21.4 Å². The second kappa shape index (κ2) is 9.00. The number of nitrogens with one attached hydrogen (secondary N) is 2. The average molecular weight is 425 g/mol. The molecular weight excluding hydrogens is 400 g/mol. The summed E-state index contributed by atoms with van der Waals surface area (Å²) in [5.74, 6) is 0.264. The third kappa shape index (κ3) is 4.80. The van der Waals surface area contributed by atoms with Crippen molar-refractivity contribution in [2.45, 2.75) is 25.2 Å². The molecule has 0 atom stereocenters. The minimum Gasteiger partial charge on any atom is -0.497 e. The van der Waals surface area contributed by atoms with Gasteiger partial charge in [0.1, 0.15) is 5.75 Å². The molecule has 1 amide bonds. The number of hydrogen-bond donors (Lipinski definition) is 2. The molecule has 156 valence electrons. The van der Waals surface area contributed by atoms with Gasteiger partial charge < -0.3 is 10.1 Å². The fourth-order valence-electron chi connectivity index (χ4n) is 3.07. The quantitative estimate of drug-likeness (QED) is 0.580. The number of ether oxygens (including phenoxy) is 1. The van der Waals surface area contributed by atoms with Crippen LogP contribution in [-0.2, 0) is 16.4 Å². The third-order valence-electron chi connectivity index (χ3n) is 4.73. The van der Waals surface area contributed by atoms with Gasteiger partial charge in [0, 0.05) is 16.9 Å². The molecule has 30 heavy (non-hydrogen) atoms. The fraction of sp³-hybridized carbons (Fsp3) is 0.174. The maximum absolute atomic E-state index is 12.8. The van der Waals surface area contributed by atoms with E-state index in [1.165, 1.54) is 19.2 Å². The molecule has 0 bridgehead atoms. The second-order valence-corrected chi connectivity index (χ2v) is 8.46. The van der Waals surface area contributed by atoms with E-state index >= 15 is 0 Å². The van der Waals surface area contributed by atoms with Crippen LogP contribution < -0.4 is 14.8 Å². The van der Waals surface area contributed by atoms with Gasteiger partial charge >= 0.3 is 0 Å². The van der Waals surface area contributed by atoms with Crippen molar-refractivity contribution in [2.24, 2.45) is 0 Å². The molecule has 0 aliphatic carbocycles. The number of amides is 1. The average Bonchev–Trinajstić information content (AvgIpc) is 2.75. The van der Waals surface area contributed by atoms with E-state index in [0.717, 1.165) is 23.2 Å². The molecule has 7 heteroatoms. The Kier molecular flexibility index (Phi) is 6.42. The van der Waals surface area contributed by atoms with E-state index in [0.29, 0.717) is 11.4 Å². The van der Waals surface area contributed by atoms with Gasteiger partial charge in [-0.15, -0.1) is 0 Å². The predicted molar refractivity (Wildman–Crippen MR) is 119 cm³/mol. The van der Waals surface area contributed by atoms with Crippen LogP contribution in [0.1, 0.15) is 28.4 Å². The summed E-state index contributed by atoms with van der Waals surface area (Å²) in [7, 11) is -2.32. The molecule has 0 heterocycles. The number of hydrogen-bond acceptors (Lipinski definition) is 4. The molecule has 3 rings (SSSR count). The lowest BCUT2D eigenvalue weighted by Crippen LogP contribution is -2.17. The first-order valence-electron chi connectivity index (χ1n) is 9.51. The first kappa shape index (κ1) is 21.4. The number of benzene rings is 3. The molecule has 6 nitrogen and oxygen atoms in total. The van der Waals surface area contributed by atoms with Gasteiger partial charge in [-0.1, -0.05) is 31.2 Å². The maximum Gasteiger partial charge on any atom is 0.261 e. The van der Waals surface area contributed by atoms with Gasteiger partial charge in [-0.3, -0.25) is 9.52 Å². The van der Waals surface area contributed by atoms with Gasteiger partial charge in [0.2, 0.25) is 0 Å². The minimum absolute atomic E-state index is 0.00599. The Hall–Kier alpha value is -3.32. The lowest BCUT2D eigenvalue weighted by molar-refractivity contribution is 0.102. The van der Waals surface area contributed by atoms with Crippen molar-refractivity contribution in [3.63, 3.8) is 0 Å². The van der Waals surface area contributed by atoms with Crippen LogP contribution in [0.3, 0.4) is 0 Å². The van der Waals surface area contributed by atoms with Crippen LogP contribution in [0.25, 0.3) is 0 Å². The summed E-state index contributed by atoms with van der Waals surface area (Å²) in [4.78, 5) is 12.8. The molecule has 0 fully saturated rings. The molecule has 0 unspecified atom stereocenters. The van der Waals surface area contributed by atoms with Gasteiger partial charge in [0.05, 0.1) is 12.0 Å². The standard InChI is InChI=1S/C23H24N2O4S/c1-4-17-8-5-7-16(2)22(17)24-23(26)18-9-6-10-21(15-18)30(27,28)25-19-11-13-20(29-3)14-12-19/h5-15,25H,4H2,1-3H3,(H,24,26). The Balaban J connectivity index is 1.83. The minimum atomic E-state index is -3.85. The smallest absolute Gasteiger partial charge is 0.261 e. The number of carbonyl (C=O) groups is 1. The lowest BCUT2D eigenvalue weighted by Gasteiger charge is -2.14. The topological polar surface area (TPSA) is 84.5 Å². The summed E-state index contributed by atoms with van der Waals surface area (Å²) in [5.41, 5.74) is 3.40. The van der Waals surface area contributed by atoms with Crippen LogP contribution in [0.2, 0.25) is 0 Å². The van der Waals surface area contributed by atoms with Crippen LogP contribution in [0.5, 0.6) is 5.75 Å². The Bertz CT molecular complexity index is 1160.